The van der Waals surface area contributed by atoms with Crippen molar-refractivity contribution in [3.8, 4) is 0 Å². The zero-order valence-corrected chi connectivity index (χ0v) is 8.87. The maximum atomic E-state index is 9.34. The lowest BCUT2D eigenvalue weighted by Gasteiger charge is -2.24. The van der Waals surface area contributed by atoms with Gasteiger partial charge in [0.2, 0.25) is 0 Å². The molecule has 0 amide bonds. The molecule has 1 heterocycles. The van der Waals surface area contributed by atoms with Gasteiger partial charge in [0.05, 0.1) is 12.3 Å². The molecule has 0 radical (unpaired) electrons. The molecule has 78 valence electrons. The van der Waals surface area contributed by atoms with Gasteiger partial charge in [-0.3, -0.25) is 0 Å². The highest BCUT2D eigenvalue weighted by Gasteiger charge is 2.19. The second-order valence-corrected chi connectivity index (χ2v) is 4.75. The SMILES string of the molecule is OC1CCC(CSc2ncco2)CC1. The van der Waals surface area contributed by atoms with Crippen molar-refractivity contribution in [2.45, 2.75) is 37.0 Å². The smallest absolute Gasteiger partial charge is 0.255 e. The van der Waals surface area contributed by atoms with E-state index in [-0.39, 0.29) is 6.10 Å². The van der Waals surface area contributed by atoms with Gasteiger partial charge < -0.3 is 9.52 Å². The molecule has 1 fully saturated rings. The number of nitrogens with zero attached hydrogens (tertiary/aromatic N) is 1. The first-order chi connectivity index (χ1) is 6.84. The molecule has 0 bridgehead atoms. The lowest BCUT2D eigenvalue weighted by atomic mass is 9.89. The number of aliphatic hydroxyl groups excluding tert-OH is 1. The van der Waals surface area contributed by atoms with Gasteiger partial charge in [-0.25, -0.2) is 4.98 Å². The van der Waals surface area contributed by atoms with E-state index in [0.29, 0.717) is 0 Å². The summed E-state index contributed by atoms with van der Waals surface area (Å²) in [7, 11) is 0. The lowest BCUT2D eigenvalue weighted by Crippen LogP contribution is -2.19. The van der Waals surface area contributed by atoms with Crippen LogP contribution in [0.5, 0.6) is 0 Å². The summed E-state index contributed by atoms with van der Waals surface area (Å²) in [4.78, 5) is 4.06. The van der Waals surface area contributed by atoms with Gasteiger partial charge in [0.15, 0.2) is 0 Å². The van der Waals surface area contributed by atoms with Crippen molar-refractivity contribution in [1.82, 2.24) is 4.98 Å². The standard InChI is InChI=1S/C10H15NO2S/c12-9-3-1-8(2-4-9)7-14-10-11-5-6-13-10/h5-6,8-9,12H,1-4,7H2. The van der Waals surface area contributed by atoms with Gasteiger partial charge >= 0.3 is 0 Å². The van der Waals surface area contributed by atoms with Crippen molar-refractivity contribution in [2.75, 3.05) is 5.75 Å². The van der Waals surface area contributed by atoms with Gasteiger partial charge in [0.25, 0.3) is 5.22 Å². The molecule has 1 aliphatic rings. The highest BCUT2D eigenvalue weighted by Crippen LogP contribution is 2.29. The summed E-state index contributed by atoms with van der Waals surface area (Å²) in [6.45, 7) is 0. The van der Waals surface area contributed by atoms with Gasteiger partial charge in [-0.1, -0.05) is 11.8 Å². The molecule has 1 saturated carbocycles. The molecule has 1 aliphatic carbocycles. The van der Waals surface area contributed by atoms with E-state index in [1.165, 1.54) is 0 Å². The lowest BCUT2D eigenvalue weighted by molar-refractivity contribution is 0.113. The fourth-order valence-corrected chi connectivity index (χ4v) is 2.75. The van der Waals surface area contributed by atoms with Crippen LogP contribution in [0.15, 0.2) is 22.1 Å². The van der Waals surface area contributed by atoms with E-state index in [4.69, 9.17) is 4.42 Å². The molecule has 0 spiro atoms. The molecule has 14 heavy (non-hydrogen) atoms. The van der Waals surface area contributed by atoms with E-state index in [9.17, 15) is 5.11 Å². The molecule has 0 atom stereocenters. The fourth-order valence-electron chi connectivity index (χ4n) is 1.78. The third-order valence-corrected chi connectivity index (χ3v) is 3.76. The van der Waals surface area contributed by atoms with Crippen LogP contribution in [-0.4, -0.2) is 21.9 Å². The van der Waals surface area contributed by atoms with Gasteiger partial charge in [0.1, 0.15) is 6.26 Å². The Morgan fingerprint density at radius 1 is 1.43 bits per heavy atom. The van der Waals surface area contributed by atoms with Crippen molar-refractivity contribution >= 4 is 11.8 Å². The van der Waals surface area contributed by atoms with Crippen LogP contribution in [0.25, 0.3) is 0 Å². The minimum absolute atomic E-state index is 0.0574. The molecule has 0 unspecified atom stereocenters. The number of hydrogen-bond acceptors (Lipinski definition) is 4. The van der Waals surface area contributed by atoms with Crippen LogP contribution in [0.2, 0.25) is 0 Å². The average Bonchev–Trinajstić information content (AvgIpc) is 2.70. The second-order valence-electron chi connectivity index (χ2n) is 3.78. The summed E-state index contributed by atoms with van der Waals surface area (Å²) in [5.74, 6) is 1.78. The van der Waals surface area contributed by atoms with Crippen LogP contribution in [-0.2, 0) is 0 Å². The normalized spacial score (nSPS) is 27.8. The summed E-state index contributed by atoms with van der Waals surface area (Å²) in [6.07, 6.45) is 7.40. The minimum Gasteiger partial charge on any atom is -0.440 e. The average molecular weight is 213 g/mol. The number of hydrogen-bond donors (Lipinski definition) is 1. The summed E-state index contributed by atoms with van der Waals surface area (Å²) < 4.78 is 5.15. The number of aromatic nitrogens is 1. The quantitative estimate of drug-likeness (QED) is 0.783. The van der Waals surface area contributed by atoms with Crippen LogP contribution in [0.3, 0.4) is 0 Å². The van der Waals surface area contributed by atoms with E-state index in [0.717, 1.165) is 42.6 Å². The Kier molecular flexibility index (Phi) is 3.48. The Bertz CT molecular complexity index is 255. The molecular formula is C10H15NO2S. The third kappa shape index (κ3) is 2.75. The van der Waals surface area contributed by atoms with E-state index in [1.54, 1.807) is 24.2 Å². The Labute approximate surface area is 87.9 Å². The predicted molar refractivity (Wildman–Crippen MR) is 55.2 cm³/mol. The fraction of sp³-hybridized carbons (Fsp3) is 0.700. The van der Waals surface area contributed by atoms with Gasteiger partial charge in [-0.15, -0.1) is 0 Å². The first-order valence-electron chi connectivity index (χ1n) is 5.05. The van der Waals surface area contributed by atoms with E-state index >= 15 is 0 Å². The highest BCUT2D eigenvalue weighted by atomic mass is 32.2. The van der Waals surface area contributed by atoms with E-state index in [1.807, 2.05) is 0 Å². The second kappa shape index (κ2) is 4.84. The zero-order chi connectivity index (χ0) is 9.80. The Hall–Kier alpha value is -0.480. The van der Waals surface area contributed by atoms with E-state index in [2.05, 4.69) is 4.98 Å². The van der Waals surface area contributed by atoms with Gasteiger partial charge in [0, 0.05) is 5.75 Å². The van der Waals surface area contributed by atoms with Crippen molar-refractivity contribution in [1.29, 1.82) is 0 Å². The minimum atomic E-state index is -0.0574. The molecule has 4 heteroatoms. The predicted octanol–water partition coefficient (Wildman–Crippen LogP) is 2.32. The topological polar surface area (TPSA) is 46.3 Å². The molecule has 0 saturated heterocycles. The Morgan fingerprint density at radius 3 is 2.86 bits per heavy atom. The summed E-state index contributed by atoms with van der Waals surface area (Å²) in [5.41, 5.74) is 0. The van der Waals surface area contributed by atoms with Crippen LogP contribution >= 0.6 is 11.8 Å². The van der Waals surface area contributed by atoms with Gasteiger partial charge in [-0.05, 0) is 31.6 Å². The van der Waals surface area contributed by atoms with Crippen molar-refractivity contribution < 1.29 is 9.52 Å². The van der Waals surface area contributed by atoms with Crippen LogP contribution < -0.4 is 0 Å². The van der Waals surface area contributed by atoms with Crippen molar-refractivity contribution in [3.05, 3.63) is 12.5 Å². The maximum Gasteiger partial charge on any atom is 0.255 e. The van der Waals surface area contributed by atoms with Crippen molar-refractivity contribution in [3.63, 3.8) is 0 Å². The molecule has 3 nitrogen and oxygen atoms in total. The molecule has 1 N–H and O–H groups in total. The van der Waals surface area contributed by atoms with E-state index < -0.39 is 0 Å². The number of thioether (sulfide) groups is 1. The van der Waals surface area contributed by atoms with Crippen molar-refractivity contribution in [2.24, 2.45) is 5.92 Å². The first kappa shape index (κ1) is 10.1. The zero-order valence-electron chi connectivity index (χ0n) is 8.06. The van der Waals surface area contributed by atoms with Crippen LogP contribution in [0, 0.1) is 5.92 Å². The summed E-state index contributed by atoms with van der Waals surface area (Å²) in [6, 6.07) is 0. The first-order valence-corrected chi connectivity index (χ1v) is 6.03. The summed E-state index contributed by atoms with van der Waals surface area (Å²) >= 11 is 1.68. The Balaban J connectivity index is 1.71. The van der Waals surface area contributed by atoms with Crippen LogP contribution in [0.1, 0.15) is 25.7 Å². The Morgan fingerprint density at radius 2 is 2.21 bits per heavy atom. The number of aliphatic hydroxyl groups is 1. The molecule has 0 aliphatic heterocycles. The monoisotopic (exact) mass is 213 g/mol. The third-order valence-electron chi connectivity index (χ3n) is 2.67. The molecule has 2 rings (SSSR count). The summed E-state index contributed by atoms with van der Waals surface area (Å²) in [5, 5.41) is 10.1. The molecule has 0 aromatic carbocycles. The molecular weight excluding hydrogens is 198 g/mol. The molecule has 1 aromatic heterocycles. The largest absolute Gasteiger partial charge is 0.440 e. The number of rotatable bonds is 3. The molecule has 1 aromatic rings. The van der Waals surface area contributed by atoms with Gasteiger partial charge in [-0.2, -0.15) is 0 Å². The van der Waals surface area contributed by atoms with Crippen LogP contribution in [0.4, 0.5) is 0 Å². The number of oxazole rings is 1. The highest BCUT2D eigenvalue weighted by molar-refractivity contribution is 7.99. The maximum absolute atomic E-state index is 9.34.